The third-order valence-electron chi connectivity index (χ3n) is 4.27. The predicted octanol–water partition coefficient (Wildman–Crippen LogP) is 0.329. The third kappa shape index (κ3) is 4.41. The first kappa shape index (κ1) is 17.9. The Morgan fingerprint density at radius 3 is 2.24 bits per heavy atom. The molecule has 1 aliphatic rings. The van der Waals surface area contributed by atoms with Crippen LogP contribution in [0.4, 0.5) is 0 Å². The van der Waals surface area contributed by atoms with Gasteiger partial charge in [0.05, 0.1) is 18.6 Å². The van der Waals surface area contributed by atoms with Crippen LogP contribution < -0.4 is 5.32 Å². The predicted molar refractivity (Wildman–Crippen MR) is 82.0 cm³/mol. The summed E-state index contributed by atoms with van der Waals surface area (Å²) >= 11 is 0. The first-order valence-corrected chi connectivity index (χ1v) is 7.73. The van der Waals surface area contributed by atoms with E-state index in [0.717, 1.165) is 25.9 Å². The molecule has 0 aliphatic carbocycles. The smallest absolute Gasteiger partial charge is 0.242 e. The Hall–Kier alpha value is -1.14. The molecule has 6 heteroatoms. The Balaban J connectivity index is 2.72. The molecule has 0 bridgehead atoms. The van der Waals surface area contributed by atoms with E-state index in [9.17, 15) is 9.59 Å². The summed E-state index contributed by atoms with van der Waals surface area (Å²) < 4.78 is 5.28. The average Bonchev–Trinajstić information content (AvgIpc) is 2.48. The van der Waals surface area contributed by atoms with Crippen molar-refractivity contribution in [2.45, 2.75) is 26.7 Å². The van der Waals surface area contributed by atoms with Crippen molar-refractivity contribution in [1.29, 1.82) is 0 Å². The second-order valence-corrected chi connectivity index (χ2v) is 5.69. The summed E-state index contributed by atoms with van der Waals surface area (Å²) in [5, 5.41) is 3.27. The van der Waals surface area contributed by atoms with Crippen LogP contribution in [0.3, 0.4) is 0 Å². The van der Waals surface area contributed by atoms with Gasteiger partial charge < -0.3 is 19.9 Å². The van der Waals surface area contributed by atoms with E-state index >= 15 is 0 Å². The van der Waals surface area contributed by atoms with Crippen molar-refractivity contribution in [1.82, 2.24) is 15.1 Å². The number of likely N-dealkylation sites (N-methyl/N-ethyl adjacent to an activating group) is 2. The highest BCUT2D eigenvalue weighted by Gasteiger charge is 2.41. The van der Waals surface area contributed by atoms with Gasteiger partial charge in [-0.05, 0) is 39.8 Å². The molecule has 1 saturated heterocycles. The van der Waals surface area contributed by atoms with Gasteiger partial charge in [-0.15, -0.1) is 0 Å². The van der Waals surface area contributed by atoms with Gasteiger partial charge in [0, 0.05) is 27.2 Å². The number of carbonyl (C=O) groups is 2. The van der Waals surface area contributed by atoms with Gasteiger partial charge in [-0.1, -0.05) is 0 Å². The van der Waals surface area contributed by atoms with Crippen molar-refractivity contribution < 1.29 is 14.3 Å². The molecule has 21 heavy (non-hydrogen) atoms. The van der Waals surface area contributed by atoms with E-state index in [1.165, 1.54) is 0 Å². The topological polar surface area (TPSA) is 61.9 Å². The number of hydrogen-bond acceptors (Lipinski definition) is 4. The summed E-state index contributed by atoms with van der Waals surface area (Å²) in [5.41, 5.74) is -0.488. The second kappa shape index (κ2) is 8.34. The maximum Gasteiger partial charge on any atom is 0.242 e. The zero-order valence-corrected chi connectivity index (χ0v) is 13.8. The van der Waals surface area contributed by atoms with E-state index in [1.54, 1.807) is 24.0 Å². The Labute approximate surface area is 127 Å². The van der Waals surface area contributed by atoms with Crippen LogP contribution in [0.15, 0.2) is 0 Å². The standard InChI is InChI=1S/C15H29N3O3/c1-5-18(6-2)13(19)11-17(3)14(20)15(12-21-4)7-9-16-10-8-15/h16H,5-12H2,1-4H3. The Morgan fingerprint density at radius 2 is 1.76 bits per heavy atom. The lowest BCUT2D eigenvalue weighted by atomic mass is 9.78. The van der Waals surface area contributed by atoms with Gasteiger partial charge in [0.15, 0.2) is 0 Å². The van der Waals surface area contributed by atoms with Crippen molar-refractivity contribution in [3.8, 4) is 0 Å². The molecule has 1 heterocycles. The van der Waals surface area contributed by atoms with Crippen LogP contribution in [-0.4, -0.2) is 75.1 Å². The van der Waals surface area contributed by atoms with E-state index in [4.69, 9.17) is 4.74 Å². The summed E-state index contributed by atoms with van der Waals surface area (Å²) in [7, 11) is 3.33. The number of rotatable bonds is 7. The fraction of sp³-hybridized carbons (Fsp3) is 0.867. The highest BCUT2D eigenvalue weighted by Crippen LogP contribution is 2.31. The van der Waals surface area contributed by atoms with Gasteiger partial charge in [-0.2, -0.15) is 0 Å². The maximum absolute atomic E-state index is 12.8. The average molecular weight is 299 g/mol. The molecule has 0 aromatic heterocycles. The second-order valence-electron chi connectivity index (χ2n) is 5.69. The molecule has 0 unspecified atom stereocenters. The van der Waals surface area contributed by atoms with Crippen molar-refractivity contribution in [3.05, 3.63) is 0 Å². The lowest BCUT2D eigenvalue weighted by molar-refractivity contribution is -0.150. The molecule has 0 aromatic carbocycles. The lowest BCUT2D eigenvalue weighted by Gasteiger charge is -2.38. The Kier molecular flexibility index (Phi) is 7.11. The van der Waals surface area contributed by atoms with Crippen LogP contribution >= 0.6 is 0 Å². The van der Waals surface area contributed by atoms with Crippen molar-refractivity contribution in [2.75, 3.05) is 53.5 Å². The first-order chi connectivity index (χ1) is 10.0. The van der Waals surface area contributed by atoms with Crippen molar-refractivity contribution >= 4 is 11.8 Å². The number of nitrogens with zero attached hydrogens (tertiary/aromatic N) is 2. The molecule has 1 aliphatic heterocycles. The molecule has 1 fully saturated rings. The highest BCUT2D eigenvalue weighted by molar-refractivity contribution is 5.88. The number of carbonyl (C=O) groups excluding carboxylic acids is 2. The molecule has 0 radical (unpaired) electrons. The van der Waals surface area contributed by atoms with Crippen molar-refractivity contribution in [3.63, 3.8) is 0 Å². The molecule has 0 spiro atoms. The summed E-state index contributed by atoms with van der Waals surface area (Å²) in [6.07, 6.45) is 1.51. The van der Waals surface area contributed by atoms with Crippen LogP contribution in [0.25, 0.3) is 0 Å². The number of ether oxygens (including phenoxy) is 1. The van der Waals surface area contributed by atoms with Crippen LogP contribution in [0, 0.1) is 5.41 Å². The fourth-order valence-corrected chi connectivity index (χ4v) is 2.96. The summed E-state index contributed by atoms with van der Waals surface area (Å²) in [6.45, 7) is 7.41. The SMILES string of the molecule is CCN(CC)C(=O)CN(C)C(=O)C1(COC)CCNCC1. The van der Waals surface area contributed by atoms with E-state index in [-0.39, 0.29) is 18.4 Å². The van der Waals surface area contributed by atoms with Gasteiger partial charge in [-0.3, -0.25) is 9.59 Å². The zero-order chi connectivity index (χ0) is 15.9. The van der Waals surface area contributed by atoms with Gasteiger partial charge in [-0.25, -0.2) is 0 Å². The van der Waals surface area contributed by atoms with Gasteiger partial charge in [0.25, 0.3) is 0 Å². The zero-order valence-electron chi connectivity index (χ0n) is 13.8. The number of amides is 2. The third-order valence-corrected chi connectivity index (χ3v) is 4.27. The number of methoxy groups -OCH3 is 1. The van der Waals surface area contributed by atoms with Gasteiger partial charge in [0.2, 0.25) is 11.8 Å². The molecule has 0 atom stereocenters. The van der Waals surface area contributed by atoms with E-state index in [2.05, 4.69) is 5.32 Å². The first-order valence-electron chi connectivity index (χ1n) is 7.73. The number of piperidine rings is 1. The van der Waals surface area contributed by atoms with E-state index in [1.807, 2.05) is 13.8 Å². The van der Waals surface area contributed by atoms with E-state index < -0.39 is 5.41 Å². The molecule has 0 saturated carbocycles. The summed E-state index contributed by atoms with van der Waals surface area (Å²) in [4.78, 5) is 28.3. The van der Waals surface area contributed by atoms with E-state index in [0.29, 0.717) is 19.7 Å². The largest absolute Gasteiger partial charge is 0.384 e. The molecular formula is C15H29N3O3. The molecule has 1 N–H and O–H groups in total. The van der Waals surface area contributed by atoms with Crippen LogP contribution in [0.2, 0.25) is 0 Å². The number of hydrogen-bond donors (Lipinski definition) is 1. The minimum Gasteiger partial charge on any atom is -0.384 e. The van der Waals surface area contributed by atoms with Gasteiger partial charge >= 0.3 is 0 Å². The highest BCUT2D eigenvalue weighted by atomic mass is 16.5. The van der Waals surface area contributed by atoms with Crippen LogP contribution in [-0.2, 0) is 14.3 Å². The fourth-order valence-electron chi connectivity index (χ4n) is 2.96. The monoisotopic (exact) mass is 299 g/mol. The quantitative estimate of drug-likeness (QED) is 0.736. The minimum atomic E-state index is -0.488. The lowest BCUT2D eigenvalue weighted by Crippen LogP contribution is -2.52. The van der Waals surface area contributed by atoms with Crippen LogP contribution in [0.5, 0.6) is 0 Å². The summed E-state index contributed by atoms with van der Waals surface area (Å²) in [6, 6.07) is 0. The molecule has 1 rings (SSSR count). The maximum atomic E-state index is 12.8. The molecule has 0 aromatic rings. The Morgan fingerprint density at radius 1 is 1.19 bits per heavy atom. The minimum absolute atomic E-state index is 0.00245. The molecule has 122 valence electrons. The molecule has 6 nitrogen and oxygen atoms in total. The summed E-state index contributed by atoms with van der Waals surface area (Å²) in [5.74, 6) is 0.0173. The molecule has 2 amide bonds. The normalized spacial score (nSPS) is 17.3. The van der Waals surface area contributed by atoms with Crippen molar-refractivity contribution in [2.24, 2.45) is 5.41 Å². The number of nitrogens with one attached hydrogen (secondary N) is 1. The van der Waals surface area contributed by atoms with Gasteiger partial charge in [0.1, 0.15) is 0 Å². The Bertz CT molecular complexity index is 345. The van der Waals surface area contributed by atoms with Crippen LogP contribution in [0.1, 0.15) is 26.7 Å². The molecular weight excluding hydrogens is 270 g/mol.